The summed E-state index contributed by atoms with van der Waals surface area (Å²) in [5.74, 6) is 0.579. The second-order valence-corrected chi connectivity index (χ2v) is 6.79. The summed E-state index contributed by atoms with van der Waals surface area (Å²) >= 11 is 0. The molecule has 5 heteroatoms. The number of nitrogens with one attached hydrogen (secondary N) is 1. The van der Waals surface area contributed by atoms with Crippen molar-refractivity contribution >= 4 is 12.4 Å². The third-order valence-corrected chi connectivity index (χ3v) is 5.25. The summed E-state index contributed by atoms with van der Waals surface area (Å²) < 4.78 is 14.0. The molecule has 130 valence electrons. The average molecular weight is 343 g/mol. The van der Waals surface area contributed by atoms with Crippen LogP contribution in [-0.4, -0.2) is 36.2 Å². The van der Waals surface area contributed by atoms with Gasteiger partial charge in [-0.05, 0) is 43.4 Å². The number of hydrogen-bond acceptors (Lipinski definition) is 3. The Bertz CT molecular complexity index is 496. The molecule has 2 N–H and O–H groups in total. The van der Waals surface area contributed by atoms with Gasteiger partial charge in [-0.15, -0.1) is 12.4 Å². The summed E-state index contributed by atoms with van der Waals surface area (Å²) in [6.45, 7) is 5.67. The van der Waals surface area contributed by atoms with Crippen molar-refractivity contribution in [1.29, 1.82) is 0 Å². The molecule has 0 radical (unpaired) electrons. The zero-order valence-electron chi connectivity index (χ0n) is 13.9. The van der Waals surface area contributed by atoms with Crippen molar-refractivity contribution in [2.75, 3.05) is 26.2 Å². The number of hydrogen-bond donors (Lipinski definition) is 2. The van der Waals surface area contributed by atoms with Crippen LogP contribution in [0, 0.1) is 18.7 Å². The van der Waals surface area contributed by atoms with Crippen LogP contribution in [0.25, 0.3) is 0 Å². The van der Waals surface area contributed by atoms with Crippen LogP contribution in [0.1, 0.15) is 49.3 Å². The zero-order valence-corrected chi connectivity index (χ0v) is 14.7. The molecule has 0 aromatic heterocycles. The van der Waals surface area contributed by atoms with Gasteiger partial charge in [0, 0.05) is 37.8 Å². The first-order valence-corrected chi connectivity index (χ1v) is 8.60. The summed E-state index contributed by atoms with van der Waals surface area (Å²) in [5, 5.41) is 13.9. The molecule has 0 bridgehead atoms. The molecule has 1 heterocycles. The van der Waals surface area contributed by atoms with Crippen LogP contribution >= 0.6 is 12.4 Å². The molecule has 0 amide bonds. The molecular weight excluding hydrogens is 315 g/mol. The summed E-state index contributed by atoms with van der Waals surface area (Å²) in [5.41, 5.74) is 1.44. The molecule has 2 fully saturated rings. The maximum absolute atomic E-state index is 14.0. The Labute approximate surface area is 144 Å². The van der Waals surface area contributed by atoms with Gasteiger partial charge < -0.3 is 10.4 Å². The van der Waals surface area contributed by atoms with Crippen molar-refractivity contribution in [2.45, 2.75) is 45.1 Å². The van der Waals surface area contributed by atoms with Gasteiger partial charge >= 0.3 is 0 Å². The maximum Gasteiger partial charge on any atom is 0.124 e. The molecule has 0 unspecified atom stereocenters. The van der Waals surface area contributed by atoms with E-state index in [2.05, 4.69) is 10.2 Å². The molecule has 0 spiro atoms. The quantitative estimate of drug-likeness (QED) is 0.877. The molecule has 1 aliphatic heterocycles. The standard InChI is InChI=1S/C18H27FN2O.ClH/c1-13-11-15(19)12-16(18(13)22)17(14-5-3-2-4-6-14)21-9-7-20-8-10-21;/h11-12,14,17,20,22H,2-10H2,1H3;1H/t17-;/m1./s1. The Morgan fingerprint density at radius 1 is 1.17 bits per heavy atom. The number of aromatic hydroxyl groups is 1. The van der Waals surface area contributed by atoms with Crippen molar-refractivity contribution in [3.05, 3.63) is 29.1 Å². The van der Waals surface area contributed by atoms with Crippen molar-refractivity contribution in [1.82, 2.24) is 10.2 Å². The molecule has 1 saturated heterocycles. The van der Waals surface area contributed by atoms with Gasteiger partial charge in [0.1, 0.15) is 11.6 Å². The number of nitrogens with zero attached hydrogens (tertiary/aromatic N) is 1. The first-order chi connectivity index (χ1) is 10.7. The molecular formula is C18H28ClFN2O. The minimum Gasteiger partial charge on any atom is -0.507 e. The number of phenols is 1. The average Bonchev–Trinajstić information content (AvgIpc) is 2.54. The van der Waals surface area contributed by atoms with E-state index in [1.165, 1.54) is 38.2 Å². The number of piperazine rings is 1. The second kappa shape index (κ2) is 8.32. The minimum atomic E-state index is -0.235. The van der Waals surface area contributed by atoms with Crippen molar-refractivity contribution in [2.24, 2.45) is 5.92 Å². The summed E-state index contributed by atoms with van der Waals surface area (Å²) in [4.78, 5) is 2.44. The fraction of sp³-hybridized carbons (Fsp3) is 0.667. The Hall–Kier alpha value is -0.840. The molecule has 1 aromatic rings. The van der Waals surface area contributed by atoms with Crippen LogP contribution in [0.3, 0.4) is 0 Å². The number of halogens is 2. The molecule has 2 aliphatic rings. The highest BCUT2D eigenvalue weighted by atomic mass is 35.5. The number of phenolic OH excluding ortho intramolecular Hbond substituents is 1. The van der Waals surface area contributed by atoms with Crippen molar-refractivity contribution in [3.8, 4) is 5.75 Å². The van der Waals surface area contributed by atoms with E-state index in [1.54, 1.807) is 13.0 Å². The van der Waals surface area contributed by atoms with Crippen LogP contribution in [-0.2, 0) is 0 Å². The summed E-state index contributed by atoms with van der Waals surface area (Å²) in [6.07, 6.45) is 6.18. The van der Waals surface area contributed by atoms with Crippen LogP contribution in [0.4, 0.5) is 4.39 Å². The van der Waals surface area contributed by atoms with Gasteiger partial charge in [-0.1, -0.05) is 19.3 Å². The van der Waals surface area contributed by atoms with Crippen LogP contribution in [0.5, 0.6) is 5.75 Å². The fourth-order valence-corrected chi connectivity index (χ4v) is 4.15. The topological polar surface area (TPSA) is 35.5 Å². The van der Waals surface area contributed by atoms with E-state index >= 15 is 0 Å². The highest BCUT2D eigenvalue weighted by Crippen LogP contribution is 2.42. The lowest BCUT2D eigenvalue weighted by Gasteiger charge is -2.41. The molecule has 3 rings (SSSR count). The first kappa shape index (κ1) is 18.5. The largest absolute Gasteiger partial charge is 0.507 e. The predicted molar refractivity (Wildman–Crippen MR) is 93.8 cm³/mol. The van der Waals surface area contributed by atoms with Gasteiger partial charge in [0.05, 0.1) is 0 Å². The lowest BCUT2D eigenvalue weighted by Crippen LogP contribution is -2.47. The molecule has 1 aromatic carbocycles. The third kappa shape index (κ3) is 4.17. The molecule has 1 atom stereocenters. The summed E-state index contributed by atoms with van der Waals surface area (Å²) in [7, 11) is 0. The van der Waals surface area contributed by atoms with E-state index in [1.807, 2.05) is 0 Å². The van der Waals surface area contributed by atoms with Gasteiger partial charge in [-0.3, -0.25) is 4.90 Å². The lowest BCUT2D eigenvalue weighted by molar-refractivity contribution is 0.101. The number of benzene rings is 1. The van der Waals surface area contributed by atoms with Crippen LogP contribution < -0.4 is 5.32 Å². The Balaban J connectivity index is 0.00000192. The lowest BCUT2D eigenvalue weighted by atomic mass is 9.79. The maximum atomic E-state index is 14.0. The highest BCUT2D eigenvalue weighted by molar-refractivity contribution is 5.85. The predicted octanol–water partition coefficient (Wildman–Crippen LogP) is 3.79. The van der Waals surface area contributed by atoms with E-state index in [4.69, 9.17) is 0 Å². The Morgan fingerprint density at radius 2 is 1.83 bits per heavy atom. The third-order valence-electron chi connectivity index (χ3n) is 5.25. The Morgan fingerprint density at radius 3 is 2.48 bits per heavy atom. The van der Waals surface area contributed by atoms with E-state index < -0.39 is 0 Å². The monoisotopic (exact) mass is 342 g/mol. The molecule has 3 nitrogen and oxygen atoms in total. The molecule has 1 saturated carbocycles. The Kier molecular flexibility index (Phi) is 6.69. The number of aryl methyl sites for hydroxylation is 1. The van der Waals surface area contributed by atoms with Gasteiger partial charge in [0.2, 0.25) is 0 Å². The molecule has 1 aliphatic carbocycles. The van der Waals surface area contributed by atoms with Crippen molar-refractivity contribution < 1.29 is 9.50 Å². The smallest absolute Gasteiger partial charge is 0.124 e. The van der Waals surface area contributed by atoms with Gasteiger partial charge in [0.15, 0.2) is 0 Å². The minimum absolute atomic E-state index is 0. The SMILES string of the molecule is Cc1cc(F)cc([C@@H](C2CCCCC2)N2CCNCC2)c1O.Cl. The second-order valence-electron chi connectivity index (χ2n) is 6.79. The first-order valence-electron chi connectivity index (χ1n) is 8.60. The number of rotatable bonds is 3. The highest BCUT2D eigenvalue weighted by Gasteiger charge is 2.33. The summed E-state index contributed by atoms with van der Waals surface area (Å²) in [6, 6.07) is 3.13. The van der Waals surface area contributed by atoms with Gasteiger partial charge in [-0.2, -0.15) is 0 Å². The zero-order chi connectivity index (χ0) is 15.5. The van der Waals surface area contributed by atoms with E-state index in [0.717, 1.165) is 31.7 Å². The van der Waals surface area contributed by atoms with E-state index in [0.29, 0.717) is 11.5 Å². The fourth-order valence-electron chi connectivity index (χ4n) is 4.15. The van der Waals surface area contributed by atoms with Gasteiger partial charge in [0.25, 0.3) is 0 Å². The van der Waals surface area contributed by atoms with Crippen molar-refractivity contribution in [3.63, 3.8) is 0 Å². The van der Waals surface area contributed by atoms with Crippen LogP contribution in [0.2, 0.25) is 0 Å². The van der Waals surface area contributed by atoms with E-state index in [-0.39, 0.29) is 30.0 Å². The normalized spacial score (nSPS) is 21.7. The van der Waals surface area contributed by atoms with Crippen LogP contribution in [0.15, 0.2) is 12.1 Å². The van der Waals surface area contributed by atoms with E-state index in [9.17, 15) is 9.50 Å². The molecule has 23 heavy (non-hydrogen) atoms. The van der Waals surface area contributed by atoms with Gasteiger partial charge in [-0.25, -0.2) is 4.39 Å².